The predicted molar refractivity (Wildman–Crippen MR) is 73.4 cm³/mol. The van der Waals surface area contributed by atoms with E-state index < -0.39 is 10.2 Å². The molecule has 106 valence electrons. The molecular formula is C11H24N4O2S. The van der Waals surface area contributed by atoms with Crippen molar-refractivity contribution in [3.8, 4) is 0 Å². The van der Waals surface area contributed by atoms with Gasteiger partial charge in [-0.05, 0) is 12.8 Å². The van der Waals surface area contributed by atoms with Crippen LogP contribution in [0.3, 0.4) is 0 Å². The second-order valence-electron chi connectivity index (χ2n) is 4.70. The van der Waals surface area contributed by atoms with Gasteiger partial charge in [-0.3, -0.25) is 4.90 Å². The molecule has 0 aromatic rings. The molecule has 7 heteroatoms. The Morgan fingerprint density at radius 3 is 2.50 bits per heavy atom. The summed E-state index contributed by atoms with van der Waals surface area (Å²) in [5, 5.41) is 3.25. The molecule has 1 aliphatic heterocycles. The summed E-state index contributed by atoms with van der Waals surface area (Å²) in [4.78, 5) is 2.28. The molecule has 0 saturated carbocycles. The molecule has 0 aliphatic carbocycles. The van der Waals surface area contributed by atoms with Crippen LogP contribution in [0.25, 0.3) is 0 Å². The Bertz CT molecular complexity index is 348. The fraction of sp³-hybridized carbons (Fsp3) is 0.818. The number of hydrogen-bond acceptors (Lipinski definition) is 4. The molecule has 2 N–H and O–H groups in total. The lowest BCUT2D eigenvalue weighted by Gasteiger charge is -2.32. The van der Waals surface area contributed by atoms with Crippen molar-refractivity contribution in [2.24, 2.45) is 0 Å². The third kappa shape index (κ3) is 5.03. The summed E-state index contributed by atoms with van der Waals surface area (Å²) in [6.07, 6.45) is 3.53. The lowest BCUT2D eigenvalue weighted by atomic mass is 10.1. The molecule has 6 nitrogen and oxygen atoms in total. The summed E-state index contributed by atoms with van der Waals surface area (Å²) < 4.78 is 27.3. The fourth-order valence-corrected chi connectivity index (χ4v) is 2.72. The van der Waals surface area contributed by atoms with Gasteiger partial charge in [-0.25, -0.2) is 0 Å². The molecule has 0 aromatic carbocycles. The van der Waals surface area contributed by atoms with Crippen LogP contribution in [-0.4, -0.2) is 64.1 Å². The van der Waals surface area contributed by atoms with Gasteiger partial charge in [0.2, 0.25) is 0 Å². The Morgan fingerprint density at radius 1 is 1.39 bits per heavy atom. The highest BCUT2D eigenvalue weighted by atomic mass is 32.2. The third-order valence-corrected chi connectivity index (χ3v) is 4.60. The summed E-state index contributed by atoms with van der Waals surface area (Å²) in [5.41, 5.74) is 0. The Kier molecular flexibility index (Phi) is 6.24. The zero-order valence-corrected chi connectivity index (χ0v) is 12.0. The number of likely N-dealkylation sites (tertiary alicyclic amines) is 1. The van der Waals surface area contributed by atoms with Gasteiger partial charge in [0.15, 0.2) is 0 Å². The third-order valence-electron chi connectivity index (χ3n) is 3.01. The van der Waals surface area contributed by atoms with Crippen LogP contribution in [-0.2, 0) is 10.2 Å². The molecular weight excluding hydrogens is 252 g/mol. The number of rotatable bonds is 7. The van der Waals surface area contributed by atoms with Gasteiger partial charge in [0.1, 0.15) is 0 Å². The van der Waals surface area contributed by atoms with E-state index in [2.05, 4.69) is 21.5 Å². The Morgan fingerprint density at radius 2 is 2.00 bits per heavy atom. The SMILES string of the molecule is C=CCNCN1CCC(NS(=O)(=O)N(C)C)CC1. The standard InChI is InChI=1S/C11H24N4O2S/c1-4-7-12-10-15-8-5-11(6-9-15)13-18(16,17)14(2)3/h4,11-13H,1,5-10H2,2-3H3. The molecule has 0 bridgehead atoms. The minimum Gasteiger partial charge on any atom is -0.301 e. The summed E-state index contributed by atoms with van der Waals surface area (Å²) in [6, 6.07) is 0.0491. The Balaban J connectivity index is 2.29. The predicted octanol–water partition coefficient (Wildman–Crippen LogP) is -0.420. The van der Waals surface area contributed by atoms with Crippen LogP contribution >= 0.6 is 0 Å². The van der Waals surface area contributed by atoms with Crippen LogP contribution in [0.1, 0.15) is 12.8 Å². The number of piperidine rings is 1. The molecule has 0 aromatic heterocycles. The molecule has 1 saturated heterocycles. The van der Waals surface area contributed by atoms with E-state index in [1.165, 1.54) is 18.4 Å². The minimum absolute atomic E-state index is 0.0491. The van der Waals surface area contributed by atoms with Crippen molar-refractivity contribution < 1.29 is 8.42 Å². The van der Waals surface area contributed by atoms with E-state index in [1.807, 2.05) is 6.08 Å². The second-order valence-corrected chi connectivity index (χ2v) is 6.61. The van der Waals surface area contributed by atoms with Gasteiger partial charge in [0.25, 0.3) is 10.2 Å². The van der Waals surface area contributed by atoms with Gasteiger partial charge in [0, 0.05) is 46.4 Å². The highest BCUT2D eigenvalue weighted by molar-refractivity contribution is 7.87. The second kappa shape index (κ2) is 7.20. The topological polar surface area (TPSA) is 64.7 Å². The van der Waals surface area contributed by atoms with E-state index in [0.717, 1.165) is 39.1 Å². The quantitative estimate of drug-likeness (QED) is 0.490. The van der Waals surface area contributed by atoms with Crippen molar-refractivity contribution in [3.63, 3.8) is 0 Å². The zero-order chi connectivity index (χ0) is 13.6. The molecule has 1 aliphatic rings. The van der Waals surface area contributed by atoms with Crippen molar-refractivity contribution in [1.29, 1.82) is 0 Å². The Hall–Kier alpha value is -0.470. The van der Waals surface area contributed by atoms with E-state index in [1.54, 1.807) is 0 Å². The summed E-state index contributed by atoms with van der Waals surface area (Å²) in [6.45, 7) is 7.10. The van der Waals surface area contributed by atoms with Crippen LogP contribution < -0.4 is 10.0 Å². The van der Waals surface area contributed by atoms with Crippen LogP contribution in [0.2, 0.25) is 0 Å². The molecule has 0 spiro atoms. The van der Waals surface area contributed by atoms with Gasteiger partial charge in [0.05, 0.1) is 0 Å². The number of hydrogen-bond donors (Lipinski definition) is 2. The van der Waals surface area contributed by atoms with Crippen LogP contribution in [0, 0.1) is 0 Å². The van der Waals surface area contributed by atoms with Crippen molar-refractivity contribution in [2.75, 3.05) is 40.4 Å². The average molecular weight is 276 g/mol. The largest absolute Gasteiger partial charge is 0.301 e. The molecule has 18 heavy (non-hydrogen) atoms. The lowest BCUT2D eigenvalue weighted by molar-refractivity contribution is 0.195. The molecule has 0 amide bonds. The maximum absolute atomic E-state index is 11.7. The monoisotopic (exact) mass is 276 g/mol. The normalized spacial score (nSPS) is 19.3. The first-order valence-electron chi connectivity index (χ1n) is 6.19. The average Bonchev–Trinajstić information content (AvgIpc) is 2.31. The van der Waals surface area contributed by atoms with Gasteiger partial charge >= 0.3 is 0 Å². The molecule has 1 fully saturated rings. The summed E-state index contributed by atoms with van der Waals surface area (Å²) in [5.74, 6) is 0. The highest BCUT2D eigenvalue weighted by Gasteiger charge is 2.24. The molecule has 0 unspecified atom stereocenters. The van der Waals surface area contributed by atoms with E-state index >= 15 is 0 Å². The molecule has 1 heterocycles. The van der Waals surface area contributed by atoms with E-state index in [4.69, 9.17) is 0 Å². The van der Waals surface area contributed by atoms with E-state index in [9.17, 15) is 8.42 Å². The first-order chi connectivity index (χ1) is 8.45. The maximum atomic E-state index is 11.7. The maximum Gasteiger partial charge on any atom is 0.279 e. The Labute approximate surface area is 110 Å². The van der Waals surface area contributed by atoms with Crippen molar-refractivity contribution >= 4 is 10.2 Å². The number of nitrogens with one attached hydrogen (secondary N) is 2. The molecule has 1 rings (SSSR count). The first kappa shape index (κ1) is 15.6. The minimum atomic E-state index is -3.30. The van der Waals surface area contributed by atoms with Crippen molar-refractivity contribution in [3.05, 3.63) is 12.7 Å². The van der Waals surface area contributed by atoms with Crippen LogP contribution in [0.5, 0.6) is 0 Å². The van der Waals surface area contributed by atoms with E-state index in [-0.39, 0.29) is 6.04 Å². The lowest BCUT2D eigenvalue weighted by Crippen LogP contribution is -2.49. The number of nitrogens with zero attached hydrogens (tertiary/aromatic N) is 2. The van der Waals surface area contributed by atoms with Crippen molar-refractivity contribution in [2.45, 2.75) is 18.9 Å². The van der Waals surface area contributed by atoms with Gasteiger partial charge in [-0.15, -0.1) is 6.58 Å². The fourth-order valence-electron chi connectivity index (χ4n) is 1.85. The highest BCUT2D eigenvalue weighted by Crippen LogP contribution is 2.10. The zero-order valence-electron chi connectivity index (χ0n) is 11.2. The van der Waals surface area contributed by atoms with Gasteiger partial charge in [-0.1, -0.05) is 6.08 Å². The van der Waals surface area contributed by atoms with Crippen LogP contribution in [0.4, 0.5) is 0 Å². The smallest absolute Gasteiger partial charge is 0.279 e. The van der Waals surface area contributed by atoms with E-state index in [0.29, 0.717) is 0 Å². The van der Waals surface area contributed by atoms with Crippen molar-refractivity contribution in [1.82, 2.24) is 19.2 Å². The summed E-state index contributed by atoms with van der Waals surface area (Å²) >= 11 is 0. The molecule has 0 atom stereocenters. The van der Waals surface area contributed by atoms with Gasteiger partial charge < -0.3 is 5.32 Å². The van der Waals surface area contributed by atoms with Gasteiger partial charge in [-0.2, -0.15) is 17.4 Å². The van der Waals surface area contributed by atoms with Crippen LogP contribution in [0.15, 0.2) is 12.7 Å². The summed E-state index contributed by atoms with van der Waals surface area (Å²) in [7, 11) is -0.224. The first-order valence-corrected chi connectivity index (χ1v) is 7.63. The molecule has 0 radical (unpaired) electrons.